The number of hydrogen-bond acceptors (Lipinski definition) is 6. The molecule has 1 aromatic carbocycles. The highest BCUT2D eigenvalue weighted by Crippen LogP contribution is 2.28. The van der Waals surface area contributed by atoms with Crippen LogP contribution in [0.15, 0.2) is 30.3 Å². The van der Waals surface area contributed by atoms with Gasteiger partial charge in [-0.25, -0.2) is 14.2 Å². The average molecular weight is 399 g/mol. The predicted octanol–water partition coefficient (Wildman–Crippen LogP) is 3.06. The number of ether oxygens (including phenoxy) is 1. The summed E-state index contributed by atoms with van der Waals surface area (Å²) in [6.07, 6.45) is 0. The average Bonchev–Trinajstić information content (AvgIpc) is 2.98. The van der Waals surface area contributed by atoms with Gasteiger partial charge in [0.2, 0.25) is 4.77 Å². The first-order valence-electron chi connectivity index (χ1n) is 9.69. The quantitative estimate of drug-likeness (QED) is 0.616. The third kappa shape index (κ3) is 3.62. The van der Waals surface area contributed by atoms with E-state index in [4.69, 9.17) is 17.0 Å². The van der Waals surface area contributed by atoms with Crippen molar-refractivity contribution in [3.63, 3.8) is 0 Å². The van der Waals surface area contributed by atoms with Crippen LogP contribution in [0, 0.1) is 18.6 Å². The second-order valence-corrected chi connectivity index (χ2v) is 7.46. The van der Waals surface area contributed by atoms with E-state index < -0.39 is 0 Å². The maximum Gasteiger partial charge on any atom is 0.252 e. The van der Waals surface area contributed by atoms with Crippen molar-refractivity contribution in [3.8, 4) is 5.75 Å². The van der Waals surface area contributed by atoms with Crippen LogP contribution in [0.2, 0.25) is 0 Å². The lowest BCUT2D eigenvalue weighted by Gasteiger charge is -2.36. The first kappa shape index (κ1) is 18.9. The maximum atomic E-state index is 5.80. The van der Waals surface area contributed by atoms with Crippen molar-refractivity contribution in [1.82, 2.24) is 24.1 Å². The van der Waals surface area contributed by atoms with Crippen molar-refractivity contribution < 1.29 is 4.74 Å². The zero-order chi connectivity index (χ0) is 19.7. The van der Waals surface area contributed by atoms with Gasteiger partial charge >= 0.3 is 0 Å². The number of anilines is 1. The van der Waals surface area contributed by atoms with E-state index in [1.165, 1.54) is 5.69 Å². The molecule has 8 heteroatoms. The van der Waals surface area contributed by atoms with Crippen molar-refractivity contribution in [2.45, 2.75) is 27.4 Å². The van der Waals surface area contributed by atoms with Gasteiger partial charge in [0, 0.05) is 37.6 Å². The van der Waals surface area contributed by atoms with E-state index in [9.17, 15) is 0 Å². The van der Waals surface area contributed by atoms with Crippen molar-refractivity contribution >= 4 is 23.7 Å². The minimum absolute atomic E-state index is 0.574. The second kappa shape index (κ2) is 7.89. The van der Waals surface area contributed by atoms with Crippen LogP contribution in [0.25, 0.3) is 5.78 Å². The number of aromatic nitrogens is 4. The summed E-state index contributed by atoms with van der Waals surface area (Å²) in [7, 11) is 0. The summed E-state index contributed by atoms with van der Waals surface area (Å²) < 4.78 is 10.4. The molecule has 3 aromatic rings. The number of nitrogens with zero attached hydrogens (tertiary/aromatic N) is 6. The molecule has 148 valence electrons. The number of piperazine rings is 1. The van der Waals surface area contributed by atoms with Crippen molar-refractivity contribution in [2.75, 3.05) is 37.7 Å². The molecule has 0 radical (unpaired) electrons. The van der Waals surface area contributed by atoms with Crippen LogP contribution in [-0.4, -0.2) is 56.9 Å². The van der Waals surface area contributed by atoms with E-state index in [1.54, 1.807) is 0 Å². The van der Waals surface area contributed by atoms with E-state index in [-0.39, 0.29) is 0 Å². The number of fused-ring (bicyclic) bond motifs is 1. The highest BCUT2D eigenvalue weighted by Gasteiger charge is 2.21. The zero-order valence-corrected chi connectivity index (χ0v) is 17.4. The molecular formula is C20H26N6OS. The fraction of sp³-hybridized carbons (Fsp3) is 0.450. The Morgan fingerprint density at radius 3 is 2.57 bits per heavy atom. The summed E-state index contributed by atoms with van der Waals surface area (Å²) in [5.74, 6) is 1.63. The van der Waals surface area contributed by atoms with Crippen LogP contribution in [0.5, 0.6) is 5.75 Å². The van der Waals surface area contributed by atoms with Gasteiger partial charge in [-0.15, -0.1) is 0 Å². The molecule has 3 heterocycles. The lowest BCUT2D eigenvalue weighted by molar-refractivity contribution is 0.189. The van der Waals surface area contributed by atoms with Crippen LogP contribution < -0.4 is 9.64 Å². The molecule has 1 fully saturated rings. The molecule has 7 nitrogen and oxygen atoms in total. The number of rotatable bonds is 5. The molecule has 0 aliphatic carbocycles. The van der Waals surface area contributed by atoms with Gasteiger partial charge in [-0.05, 0) is 51.2 Å². The lowest BCUT2D eigenvalue weighted by Crippen LogP contribution is -2.47. The molecular weight excluding hydrogens is 372 g/mol. The summed E-state index contributed by atoms with van der Waals surface area (Å²) in [6.45, 7) is 11.3. The molecule has 0 N–H and O–H groups in total. The Morgan fingerprint density at radius 2 is 1.82 bits per heavy atom. The minimum atomic E-state index is 0.574. The monoisotopic (exact) mass is 398 g/mol. The molecule has 1 aliphatic rings. The fourth-order valence-corrected chi connectivity index (χ4v) is 4.02. The Balaban J connectivity index is 1.49. The third-order valence-corrected chi connectivity index (χ3v) is 5.39. The van der Waals surface area contributed by atoms with Gasteiger partial charge in [0.1, 0.15) is 5.75 Å². The van der Waals surface area contributed by atoms with Crippen molar-refractivity contribution in [1.29, 1.82) is 0 Å². The lowest BCUT2D eigenvalue weighted by atomic mass is 10.2. The molecule has 0 saturated carbocycles. The predicted molar refractivity (Wildman–Crippen MR) is 113 cm³/mol. The summed E-state index contributed by atoms with van der Waals surface area (Å²) >= 11 is 5.51. The molecule has 0 bridgehead atoms. The van der Waals surface area contributed by atoms with Crippen LogP contribution in [0.1, 0.15) is 18.3 Å². The standard InChI is InChI=1S/C20H26N6OS/c1-4-27-18-8-6-5-7-17(18)24-11-9-23(10-12-24)14-25-20(28)22-19-21-15(2)13-16(3)26(19)25/h5-8,13H,4,9-12,14H2,1-3H3. The smallest absolute Gasteiger partial charge is 0.252 e. The summed E-state index contributed by atoms with van der Waals surface area (Å²) in [4.78, 5) is 13.8. The highest BCUT2D eigenvalue weighted by molar-refractivity contribution is 7.71. The Labute approximate surface area is 170 Å². The van der Waals surface area contributed by atoms with Gasteiger partial charge in [0.05, 0.1) is 19.0 Å². The molecule has 0 spiro atoms. The molecule has 4 rings (SSSR count). The summed E-state index contributed by atoms with van der Waals surface area (Å²) in [6, 6.07) is 10.3. The molecule has 28 heavy (non-hydrogen) atoms. The molecule has 1 saturated heterocycles. The number of benzene rings is 1. The summed E-state index contributed by atoms with van der Waals surface area (Å²) in [5.41, 5.74) is 3.22. The number of para-hydroxylation sites is 2. The SMILES string of the molecule is CCOc1ccccc1N1CCN(Cn2c(=S)nc3nc(C)cc(C)n32)CC1. The highest BCUT2D eigenvalue weighted by atomic mass is 32.1. The first-order chi connectivity index (χ1) is 13.6. The normalized spacial score (nSPS) is 15.3. The van der Waals surface area contributed by atoms with Gasteiger partial charge in [0.15, 0.2) is 0 Å². The number of hydrogen-bond donors (Lipinski definition) is 0. The van der Waals surface area contributed by atoms with Gasteiger partial charge in [-0.3, -0.25) is 4.90 Å². The molecule has 0 atom stereocenters. The zero-order valence-electron chi connectivity index (χ0n) is 16.6. The third-order valence-electron chi connectivity index (χ3n) is 5.09. The van der Waals surface area contributed by atoms with Crippen LogP contribution >= 0.6 is 12.2 Å². The van der Waals surface area contributed by atoms with Gasteiger partial charge < -0.3 is 9.64 Å². The van der Waals surface area contributed by atoms with E-state index in [0.717, 1.165) is 43.3 Å². The Hall–Kier alpha value is -2.45. The number of aryl methyl sites for hydroxylation is 2. The first-order valence-corrected chi connectivity index (χ1v) is 10.1. The molecule has 1 aliphatic heterocycles. The topological polar surface area (TPSA) is 50.8 Å². The Kier molecular flexibility index (Phi) is 5.32. The van der Waals surface area contributed by atoms with Crippen molar-refractivity contribution in [2.24, 2.45) is 0 Å². The Bertz CT molecular complexity index is 1030. The van der Waals surface area contributed by atoms with E-state index in [1.807, 2.05) is 35.2 Å². The van der Waals surface area contributed by atoms with Gasteiger partial charge in [-0.2, -0.15) is 4.98 Å². The largest absolute Gasteiger partial charge is 0.492 e. The van der Waals surface area contributed by atoms with Crippen LogP contribution in [0.3, 0.4) is 0 Å². The molecule has 2 aromatic heterocycles. The van der Waals surface area contributed by atoms with Crippen molar-refractivity contribution in [3.05, 3.63) is 46.5 Å². The minimum Gasteiger partial charge on any atom is -0.492 e. The van der Waals surface area contributed by atoms with Crippen LogP contribution in [-0.2, 0) is 6.67 Å². The van der Waals surface area contributed by atoms with E-state index in [0.29, 0.717) is 23.8 Å². The maximum absolute atomic E-state index is 5.80. The summed E-state index contributed by atoms with van der Waals surface area (Å²) in [5, 5.41) is 0. The van der Waals surface area contributed by atoms with Crippen LogP contribution in [0.4, 0.5) is 5.69 Å². The molecule has 0 unspecified atom stereocenters. The van der Waals surface area contributed by atoms with Gasteiger partial charge in [0.25, 0.3) is 5.78 Å². The second-order valence-electron chi connectivity index (χ2n) is 7.09. The van der Waals surface area contributed by atoms with E-state index >= 15 is 0 Å². The van der Waals surface area contributed by atoms with E-state index in [2.05, 4.69) is 44.9 Å². The Morgan fingerprint density at radius 1 is 1.07 bits per heavy atom. The fourth-order valence-electron chi connectivity index (χ4n) is 3.80. The molecule has 0 amide bonds. The van der Waals surface area contributed by atoms with Gasteiger partial charge in [-0.1, -0.05) is 12.1 Å².